The highest BCUT2D eigenvalue weighted by Crippen LogP contribution is 2.11. The number of hydrogen-bond donors (Lipinski definition) is 1. The second kappa shape index (κ2) is 8.39. The second-order valence-electron chi connectivity index (χ2n) is 4.03. The normalized spacial score (nSPS) is 11.7. The molecule has 0 heterocycles. The third-order valence-electron chi connectivity index (χ3n) is 2.97. The van der Waals surface area contributed by atoms with Crippen molar-refractivity contribution in [3.8, 4) is 0 Å². The van der Waals surface area contributed by atoms with Crippen LogP contribution in [0.4, 0.5) is 0 Å². The van der Waals surface area contributed by atoms with Crippen LogP contribution in [0.3, 0.4) is 0 Å². The lowest BCUT2D eigenvalue weighted by Crippen LogP contribution is -2.45. The minimum Gasteiger partial charge on any atom is -0.377 e. The van der Waals surface area contributed by atoms with Crippen molar-refractivity contribution in [2.45, 2.75) is 12.5 Å². The molecule has 4 nitrogen and oxygen atoms in total. The van der Waals surface area contributed by atoms with Crippen molar-refractivity contribution < 1.29 is 13.3 Å². The van der Waals surface area contributed by atoms with Crippen LogP contribution in [-0.4, -0.2) is 43.2 Å². The van der Waals surface area contributed by atoms with E-state index in [-0.39, 0.29) is 0 Å². The lowest BCUT2D eigenvalue weighted by atomic mass is 10.1. The molecule has 0 unspecified atom stereocenters. The first-order chi connectivity index (χ1) is 8.76. The molecule has 102 valence electrons. The molecule has 18 heavy (non-hydrogen) atoms. The SMILES string of the molecule is CO[Si](CCNCCc1ccccc1)(OC)OC. The Morgan fingerprint density at radius 3 is 2.11 bits per heavy atom. The summed E-state index contributed by atoms with van der Waals surface area (Å²) in [5, 5.41) is 3.39. The van der Waals surface area contributed by atoms with Gasteiger partial charge in [0.05, 0.1) is 0 Å². The lowest BCUT2D eigenvalue weighted by molar-refractivity contribution is 0.123. The van der Waals surface area contributed by atoms with Crippen LogP contribution >= 0.6 is 0 Å². The van der Waals surface area contributed by atoms with Crippen molar-refractivity contribution in [3.63, 3.8) is 0 Å². The zero-order chi connectivity index (χ0) is 13.3. The van der Waals surface area contributed by atoms with Gasteiger partial charge < -0.3 is 18.6 Å². The first-order valence-electron chi connectivity index (χ1n) is 6.16. The smallest absolute Gasteiger partial charge is 0.377 e. The van der Waals surface area contributed by atoms with Crippen molar-refractivity contribution in [3.05, 3.63) is 35.9 Å². The van der Waals surface area contributed by atoms with Crippen molar-refractivity contribution in [1.29, 1.82) is 0 Å². The molecular formula is C13H23NO3Si. The molecule has 0 saturated carbocycles. The molecule has 0 spiro atoms. The first-order valence-corrected chi connectivity index (χ1v) is 8.09. The zero-order valence-corrected chi connectivity index (χ0v) is 12.4. The number of rotatable bonds is 9. The molecule has 0 aromatic heterocycles. The Balaban J connectivity index is 2.18. The van der Waals surface area contributed by atoms with Crippen LogP contribution in [0.25, 0.3) is 0 Å². The Morgan fingerprint density at radius 1 is 0.944 bits per heavy atom. The monoisotopic (exact) mass is 269 g/mol. The summed E-state index contributed by atoms with van der Waals surface area (Å²) in [4.78, 5) is 0. The quantitative estimate of drug-likeness (QED) is 0.547. The minimum absolute atomic E-state index is 0.783. The van der Waals surface area contributed by atoms with Crippen LogP contribution in [-0.2, 0) is 19.7 Å². The van der Waals surface area contributed by atoms with E-state index in [1.165, 1.54) is 5.56 Å². The molecule has 0 aliphatic rings. The fourth-order valence-electron chi connectivity index (χ4n) is 1.80. The predicted octanol–water partition coefficient (Wildman–Crippen LogP) is 1.70. The summed E-state index contributed by atoms with van der Waals surface area (Å²) in [5.41, 5.74) is 1.35. The molecular weight excluding hydrogens is 246 g/mol. The molecule has 0 amide bonds. The van der Waals surface area contributed by atoms with E-state index in [0.29, 0.717) is 0 Å². The fraction of sp³-hybridized carbons (Fsp3) is 0.538. The third-order valence-corrected chi connectivity index (χ3v) is 5.70. The summed E-state index contributed by atoms with van der Waals surface area (Å²) >= 11 is 0. The average Bonchev–Trinajstić information content (AvgIpc) is 2.45. The van der Waals surface area contributed by atoms with E-state index in [1.807, 2.05) is 6.07 Å². The van der Waals surface area contributed by atoms with E-state index >= 15 is 0 Å². The van der Waals surface area contributed by atoms with Crippen molar-refractivity contribution in [2.24, 2.45) is 0 Å². The summed E-state index contributed by atoms with van der Waals surface area (Å²) < 4.78 is 16.1. The van der Waals surface area contributed by atoms with Crippen LogP contribution in [0.15, 0.2) is 30.3 Å². The first kappa shape index (κ1) is 15.3. The van der Waals surface area contributed by atoms with Crippen molar-refractivity contribution >= 4 is 8.80 Å². The van der Waals surface area contributed by atoms with Gasteiger partial charge in [-0.2, -0.15) is 0 Å². The Labute approximate surface area is 111 Å². The van der Waals surface area contributed by atoms with E-state index in [9.17, 15) is 0 Å². The molecule has 0 aliphatic carbocycles. The van der Waals surface area contributed by atoms with E-state index in [1.54, 1.807) is 21.3 Å². The van der Waals surface area contributed by atoms with Crippen LogP contribution < -0.4 is 5.32 Å². The van der Waals surface area contributed by atoms with Crippen LogP contribution in [0, 0.1) is 0 Å². The molecule has 1 aromatic rings. The highest BCUT2D eigenvalue weighted by molar-refractivity contribution is 6.60. The van der Waals surface area contributed by atoms with Gasteiger partial charge in [-0.05, 0) is 25.1 Å². The van der Waals surface area contributed by atoms with Gasteiger partial charge in [0.15, 0.2) is 0 Å². The molecule has 0 radical (unpaired) electrons. The summed E-state index contributed by atoms with van der Waals surface area (Å²) in [5.74, 6) is 0. The maximum atomic E-state index is 5.36. The molecule has 0 fully saturated rings. The van der Waals surface area contributed by atoms with E-state index in [0.717, 1.165) is 25.6 Å². The highest BCUT2D eigenvalue weighted by Gasteiger charge is 2.36. The maximum absolute atomic E-state index is 5.36. The van der Waals surface area contributed by atoms with Crippen molar-refractivity contribution in [1.82, 2.24) is 5.32 Å². The second-order valence-corrected chi connectivity index (χ2v) is 7.12. The van der Waals surface area contributed by atoms with Crippen LogP contribution in [0.5, 0.6) is 0 Å². The van der Waals surface area contributed by atoms with Crippen molar-refractivity contribution in [2.75, 3.05) is 34.4 Å². The average molecular weight is 269 g/mol. The van der Waals surface area contributed by atoms with Gasteiger partial charge in [0.2, 0.25) is 0 Å². The zero-order valence-electron chi connectivity index (χ0n) is 11.4. The Hall–Kier alpha value is -0.723. The topological polar surface area (TPSA) is 39.7 Å². The molecule has 0 saturated heterocycles. The molecule has 0 atom stereocenters. The maximum Gasteiger partial charge on any atom is 0.501 e. The van der Waals surface area contributed by atoms with Gasteiger partial charge in [-0.1, -0.05) is 30.3 Å². The number of hydrogen-bond acceptors (Lipinski definition) is 4. The van der Waals surface area contributed by atoms with E-state index < -0.39 is 8.80 Å². The number of benzene rings is 1. The Kier molecular flexibility index (Phi) is 7.15. The largest absolute Gasteiger partial charge is 0.501 e. The third kappa shape index (κ3) is 4.87. The standard InChI is InChI=1S/C13H23NO3Si/c1-15-18(16-2,17-3)12-11-14-10-9-13-7-5-4-6-8-13/h4-8,14H,9-12H2,1-3H3. The Bertz CT molecular complexity index is 309. The summed E-state index contributed by atoms with van der Waals surface area (Å²) in [6, 6.07) is 11.2. The van der Waals surface area contributed by atoms with Gasteiger partial charge in [-0.15, -0.1) is 0 Å². The fourth-order valence-corrected chi connectivity index (χ4v) is 3.40. The molecule has 5 heteroatoms. The predicted molar refractivity (Wildman–Crippen MR) is 74.6 cm³/mol. The summed E-state index contributed by atoms with van der Waals surface area (Å²) in [6.07, 6.45) is 1.03. The van der Waals surface area contributed by atoms with E-state index in [2.05, 4.69) is 29.6 Å². The molecule has 0 bridgehead atoms. The molecule has 1 rings (SSSR count). The van der Waals surface area contributed by atoms with Crippen LogP contribution in [0.1, 0.15) is 5.56 Å². The van der Waals surface area contributed by atoms with Gasteiger partial charge >= 0.3 is 8.80 Å². The Morgan fingerprint density at radius 2 is 1.56 bits per heavy atom. The summed E-state index contributed by atoms with van der Waals surface area (Å²) in [6.45, 7) is 1.79. The highest BCUT2D eigenvalue weighted by atomic mass is 28.4. The van der Waals surface area contributed by atoms with Gasteiger partial charge in [0.25, 0.3) is 0 Å². The van der Waals surface area contributed by atoms with Gasteiger partial charge in [0, 0.05) is 27.4 Å². The molecule has 1 N–H and O–H groups in total. The molecule has 1 aromatic carbocycles. The summed E-state index contributed by atoms with van der Waals surface area (Å²) in [7, 11) is 2.52. The van der Waals surface area contributed by atoms with Gasteiger partial charge in [-0.25, -0.2) is 0 Å². The van der Waals surface area contributed by atoms with Gasteiger partial charge in [-0.3, -0.25) is 0 Å². The number of nitrogens with one attached hydrogen (secondary N) is 1. The van der Waals surface area contributed by atoms with E-state index in [4.69, 9.17) is 13.3 Å². The molecule has 0 aliphatic heterocycles. The lowest BCUT2D eigenvalue weighted by Gasteiger charge is -2.24. The van der Waals surface area contributed by atoms with Gasteiger partial charge in [0.1, 0.15) is 0 Å². The van der Waals surface area contributed by atoms with Crippen LogP contribution in [0.2, 0.25) is 6.04 Å². The minimum atomic E-state index is -2.41.